The number of aliphatic hydroxyl groups is 1. The highest BCUT2D eigenvalue weighted by molar-refractivity contribution is 8.18. The number of thioether (sulfide) groups is 4. The van der Waals surface area contributed by atoms with Crippen molar-refractivity contribution >= 4 is 76.5 Å². The van der Waals surface area contributed by atoms with Gasteiger partial charge in [0.1, 0.15) is 28.0 Å². The summed E-state index contributed by atoms with van der Waals surface area (Å²) in [4.78, 5) is 10.3. The molecule has 0 spiro atoms. The summed E-state index contributed by atoms with van der Waals surface area (Å²) < 4.78 is 57.3. The lowest BCUT2D eigenvalue weighted by Gasteiger charge is -2.40. The Morgan fingerprint density at radius 3 is 1.85 bits per heavy atom. The first-order chi connectivity index (χ1) is 24.9. The van der Waals surface area contributed by atoms with E-state index in [-0.39, 0.29) is 11.5 Å². The third-order valence-corrected chi connectivity index (χ3v) is 14.7. The second-order valence-electron chi connectivity index (χ2n) is 11.5. The number of ether oxygens (including phenoxy) is 2. The Labute approximate surface area is 329 Å². The largest absolute Gasteiger partial charge is 0.435 e. The van der Waals surface area contributed by atoms with Crippen LogP contribution in [-0.2, 0) is 4.08 Å². The number of hydrogen-bond acceptors (Lipinski definition) is 8. The van der Waals surface area contributed by atoms with Crippen LogP contribution < -0.4 is 9.47 Å². The van der Waals surface area contributed by atoms with Gasteiger partial charge in [0, 0.05) is 15.6 Å². The molecule has 2 heterocycles. The highest BCUT2D eigenvalue weighted by Crippen LogP contribution is 2.58. The number of hydrogen-bond donors (Lipinski definition) is 1. The summed E-state index contributed by atoms with van der Waals surface area (Å²) in [5, 5.41) is 12.7. The molecule has 2 saturated heterocycles. The molecule has 0 bridgehead atoms. The van der Waals surface area contributed by atoms with Crippen LogP contribution in [0.4, 0.5) is 17.6 Å². The van der Waals surface area contributed by atoms with Gasteiger partial charge in [0.15, 0.2) is 0 Å². The van der Waals surface area contributed by atoms with Crippen LogP contribution in [0.25, 0.3) is 0 Å². The molecule has 0 amide bonds. The summed E-state index contributed by atoms with van der Waals surface area (Å²) in [5.74, 6) is 4.65. The van der Waals surface area contributed by atoms with Crippen LogP contribution in [0.3, 0.4) is 0 Å². The van der Waals surface area contributed by atoms with E-state index < -0.39 is 23.4 Å². The lowest BCUT2D eigenvalue weighted by atomic mass is 9.98. The zero-order valence-electron chi connectivity index (χ0n) is 28.3. The Bertz CT molecular complexity index is 1740. The molecule has 4 nitrogen and oxygen atoms in total. The van der Waals surface area contributed by atoms with Crippen molar-refractivity contribution in [3.63, 3.8) is 0 Å². The van der Waals surface area contributed by atoms with Crippen molar-refractivity contribution in [2.24, 2.45) is 0 Å². The van der Waals surface area contributed by atoms with Crippen LogP contribution in [0.2, 0.25) is 10.0 Å². The van der Waals surface area contributed by atoms with Crippen molar-refractivity contribution < 1.29 is 36.9 Å². The van der Waals surface area contributed by atoms with E-state index in [0.29, 0.717) is 38.1 Å². The molecule has 6 rings (SSSR count). The smallest absolute Gasteiger partial charge is 0.387 e. The molecule has 0 radical (unpaired) electrons. The van der Waals surface area contributed by atoms with Crippen molar-refractivity contribution in [3.05, 3.63) is 128 Å². The van der Waals surface area contributed by atoms with Gasteiger partial charge in [0.2, 0.25) is 0 Å². The van der Waals surface area contributed by atoms with Crippen molar-refractivity contribution in [2.45, 2.75) is 54.7 Å². The zero-order valence-corrected chi connectivity index (χ0v) is 33.1. The third-order valence-electron chi connectivity index (χ3n) is 7.74. The number of aliphatic hydroxyl groups excluding tert-OH is 1. The van der Waals surface area contributed by atoms with Crippen molar-refractivity contribution in [2.75, 3.05) is 23.0 Å². The SMILES string of the molecule is Cc1cc(C(O)C2(c3cccc(Cl)c3)SCCCS2)ccc1OC(F)F.Cc1cc(C=O)ccc1OC(F)F.Clc1cccc(C2SCCCS2)c1. The van der Waals surface area contributed by atoms with Gasteiger partial charge in [-0.1, -0.05) is 53.5 Å². The number of halogens is 6. The Morgan fingerprint density at radius 2 is 1.31 bits per heavy atom. The fraction of sp³-hybridized carbons (Fsp3) is 0.342. The topological polar surface area (TPSA) is 55.8 Å². The standard InChI is InChI=1S/C19H19ClF2O2S2.C10H11ClS2.C9H8F2O2/c1-12-10-13(6-7-16(12)24-18(21)22)17(23)19(25-8-3-9-26-19)14-4-2-5-15(20)11-14;11-9-4-1-3-8(7-9)10-12-5-2-6-13-10;1-6-4-7(5-12)2-3-8(6)13-9(10)11/h2,4-7,10-11,17-18,23H,3,8-9H2,1H3;1,3-4,7,10H,2,5-6H2;2-5,9H,1H3. The van der Waals surface area contributed by atoms with E-state index in [1.165, 1.54) is 47.8 Å². The van der Waals surface area contributed by atoms with Crippen LogP contribution in [0.5, 0.6) is 11.5 Å². The number of alkyl halides is 4. The summed E-state index contributed by atoms with van der Waals surface area (Å²) >= 11 is 19.6. The second-order valence-corrected chi connectivity index (χ2v) is 18.1. The number of rotatable bonds is 9. The van der Waals surface area contributed by atoms with Crippen LogP contribution >= 0.6 is 70.2 Å². The minimum atomic E-state index is -2.87. The van der Waals surface area contributed by atoms with Gasteiger partial charge < -0.3 is 14.6 Å². The first-order valence-corrected chi connectivity index (χ1v) is 21.0. The minimum absolute atomic E-state index is 0.0978. The molecule has 1 atom stereocenters. The predicted octanol–water partition coefficient (Wildman–Crippen LogP) is 12.6. The van der Waals surface area contributed by atoms with Crippen LogP contribution in [0.15, 0.2) is 84.9 Å². The fourth-order valence-corrected chi connectivity index (χ4v) is 12.0. The van der Waals surface area contributed by atoms with Gasteiger partial charge in [-0.05, 0) is 132 Å². The molecule has 0 aromatic heterocycles. The van der Waals surface area contributed by atoms with Gasteiger partial charge in [0.05, 0.1) is 4.58 Å². The van der Waals surface area contributed by atoms with Crippen molar-refractivity contribution in [1.29, 1.82) is 0 Å². The van der Waals surface area contributed by atoms with Crippen molar-refractivity contribution in [3.8, 4) is 11.5 Å². The van der Waals surface area contributed by atoms with E-state index in [0.717, 1.165) is 28.5 Å². The Balaban J connectivity index is 0.000000195. The number of aryl methyl sites for hydroxylation is 2. The average molecular weight is 834 g/mol. The molecule has 52 heavy (non-hydrogen) atoms. The lowest BCUT2D eigenvalue weighted by molar-refractivity contribution is -0.0509. The maximum Gasteiger partial charge on any atom is 0.387 e. The van der Waals surface area contributed by atoms with E-state index in [1.807, 2.05) is 59.9 Å². The molecule has 4 aromatic carbocycles. The number of carbonyl (C=O) groups excluding carboxylic acids is 1. The van der Waals surface area contributed by atoms with Crippen LogP contribution in [-0.4, -0.2) is 47.6 Å². The van der Waals surface area contributed by atoms with Crippen LogP contribution in [0, 0.1) is 13.8 Å². The molecule has 2 fully saturated rings. The van der Waals surface area contributed by atoms with Gasteiger partial charge in [-0.3, -0.25) is 4.79 Å². The second kappa shape index (κ2) is 21.0. The molecule has 14 heteroatoms. The monoisotopic (exact) mass is 832 g/mol. The van der Waals surface area contributed by atoms with E-state index in [2.05, 4.69) is 21.6 Å². The summed E-state index contributed by atoms with van der Waals surface area (Å²) in [6, 6.07) is 24.9. The first kappa shape index (κ1) is 42.6. The number of aldehydes is 1. The molecular weight excluding hydrogens is 796 g/mol. The predicted molar refractivity (Wildman–Crippen MR) is 212 cm³/mol. The quantitative estimate of drug-likeness (QED) is 0.132. The maximum absolute atomic E-state index is 12.5. The number of carbonyl (C=O) groups is 1. The Kier molecular flexibility index (Phi) is 17.2. The van der Waals surface area contributed by atoms with Crippen LogP contribution in [0.1, 0.15) is 61.7 Å². The maximum atomic E-state index is 12.5. The summed E-state index contributed by atoms with van der Waals surface area (Å²) in [5.41, 5.74) is 4.52. The highest BCUT2D eigenvalue weighted by atomic mass is 35.5. The third kappa shape index (κ3) is 12.4. The average Bonchev–Trinajstić information content (AvgIpc) is 3.14. The molecule has 0 saturated carbocycles. The first-order valence-electron chi connectivity index (χ1n) is 16.2. The van der Waals surface area contributed by atoms with E-state index in [9.17, 15) is 27.5 Å². The van der Waals surface area contributed by atoms with Gasteiger partial charge in [-0.25, -0.2) is 0 Å². The van der Waals surface area contributed by atoms with Gasteiger partial charge in [-0.2, -0.15) is 17.6 Å². The van der Waals surface area contributed by atoms with E-state index in [4.69, 9.17) is 23.2 Å². The van der Waals surface area contributed by atoms with Gasteiger partial charge in [0.25, 0.3) is 0 Å². The zero-order chi connectivity index (χ0) is 37.7. The molecule has 0 aliphatic carbocycles. The van der Waals surface area contributed by atoms with Crippen molar-refractivity contribution in [1.82, 2.24) is 0 Å². The molecule has 2 aliphatic heterocycles. The normalized spacial score (nSPS) is 16.2. The molecular formula is C38H38Cl2F4O4S4. The van der Waals surface area contributed by atoms with Gasteiger partial charge >= 0.3 is 13.2 Å². The van der Waals surface area contributed by atoms with E-state index >= 15 is 0 Å². The molecule has 4 aromatic rings. The number of benzene rings is 4. The Hall–Kier alpha value is -2.19. The van der Waals surface area contributed by atoms with Gasteiger partial charge in [-0.15, -0.1) is 47.0 Å². The molecule has 1 N–H and O–H groups in total. The summed E-state index contributed by atoms with van der Waals surface area (Å²) in [6.45, 7) is -2.40. The Morgan fingerprint density at radius 1 is 0.750 bits per heavy atom. The lowest BCUT2D eigenvalue weighted by Crippen LogP contribution is -2.30. The highest BCUT2D eigenvalue weighted by Gasteiger charge is 2.43. The summed E-state index contributed by atoms with van der Waals surface area (Å²) in [7, 11) is 0. The van der Waals surface area contributed by atoms with E-state index in [1.54, 1.807) is 49.5 Å². The summed E-state index contributed by atoms with van der Waals surface area (Å²) in [6.07, 6.45) is 2.26. The molecule has 280 valence electrons. The molecule has 2 aliphatic rings. The minimum Gasteiger partial charge on any atom is -0.435 e. The fourth-order valence-electron chi connectivity index (χ4n) is 5.33. The molecule has 1 unspecified atom stereocenters.